The molecule has 1 amide bonds. The summed E-state index contributed by atoms with van der Waals surface area (Å²) in [7, 11) is -3.67. The van der Waals surface area contributed by atoms with Gasteiger partial charge in [-0.05, 0) is 69.2 Å². The molecule has 30 heavy (non-hydrogen) atoms. The Kier molecular flexibility index (Phi) is 7.39. The Morgan fingerprint density at radius 1 is 1.03 bits per heavy atom. The van der Waals surface area contributed by atoms with Gasteiger partial charge in [-0.2, -0.15) is 4.31 Å². The van der Waals surface area contributed by atoms with Crippen LogP contribution in [0.2, 0.25) is 5.02 Å². The van der Waals surface area contributed by atoms with Gasteiger partial charge in [-0.15, -0.1) is 0 Å². The predicted octanol–water partition coefficient (Wildman–Crippen LogP) is 4.94. The van der Waals surface area contributed by atoms with E-state index in [1.165, 1.54) is 22.5 Å². The maximum absolute atomic E-state index is 13.0. The molecule has 0 radical (unpaired) electrons. The van der Waals surface area contributed by atoms with E-state index in [1.807, 2.05) is 13.8 Å². The van der Waals surface area contributed by atoms with Crippen molar-refractivity contribution < 1.29 is 17.9 Å². The summed E-state index contributed by atoms with van der Waals surface area (Å²) >= 11 is 6.21. The molecule has 0 bridgehead atoms. The van der Waals surface area contributed by atoms with Crippen LogP contribution in [0.25, 0.3) is 0 Å². The fraction of sp³-hybridized carbons (Fsp3) is 0.409. The van der Waals surface area contributed by atoms with Gasteiger partial charge in [0.1, 0.15) is 5.75 Å². The lowest BCUT2D eigenvalue weighted by atomic mass is 10.2. The fourth-order valence-electron chi connectivity index (χ4n) is 3.36. The average Bonchev–Trinajstić information content (AvgIpc) is 2.99. The molecule has 2 aromatic carbocycles. The molecule has 0 aromatic heterocycles. The van der Waals surface area contributed by atoms with Crippen molar-refractivity contribution in [3.63, 3.8) is 0 Å². The van der Waals surface area contributed by atoms with E-state index in [4.69, 9.17) is 16.3 Å². The van der Waals surface area contributed by atoms with Crippen molar-refractivity contribution >= 4 is 33.2 Å². The maximum atomic E-state index is 13.0. The summed E-state index contributed by atoms with van der Waals surface area (Å²) in [5.74, 6) is 0.233. The Bertz CT molecular complexity index is 983. The largest absolute Gasteiger partial charge is 0.491 e. The zero-order valence-electron chi connectivity index (χ0n) is 17.2. The molecular formula is C22H27ClN2O4S. The van der Waals surface area contributed by atoms with Gasteiger partial charge in [-0.3, -0.25) is 4.79 Å². The number of benzene rings is 2. The normalized spacial score (nSPS) is 15.6. The van der Waals surface area contributed by atoms with Crippen molar-refractivity contribution in [3.8, 4) is 5.75 Å². The van der Waals surface area contributed by atoms with Gasteiger partial charge in [0.2, 0.25) is 10.0 Å². The van der Waals surface area contributed by atoms with Gasteiger partial charge in [-0.1, -0.05) is 24.4 Å². The van der Waals surface area contributed by atoms with Gasteiger partial charge in [0, 0.05) is 18.8 Å². The van der Waals surface area contributed by atoms with E-state index in [9.17, 15) is 13.2 Å². The van der Waals surface area contributed by atoms with Crippen LogP contribution in [0, 0.1) is 0 Å². The van der Waals surface area contributed by atoms with Crippen LogP contribution in [0.4, 0.5) is 5.69 Å². The highest BCUT2D eigenvalue weighted by Crippen LogP contribution is 2.26. The van der Waals surface area contributed by atoms with E-state index in [1.54, 1.807) is 24.3 Å². The quantitative estimate of drug-likeness (QED) is 0.675. The van der Waals surface area contributed by atoms with Gasteiger partial charge in [0.05, 0.1) is 21.6 Å². The van der Waals surface area contributed by atoms with Crippen molar-refractivity contribution in [3.05, 3.63) is 53.1 Å². The summed E-state index contributed by atoms with van der Waals surface area (Å²) < 4.78 is 33.2. The number of carbonyl (C=O) groups is 1. The molecule has 0 saturated carbocycles. The first-order valence-electron chi connectivity index (χ1n) is 10.1. The van der Waals surface area contributed by atoms with E-state index in [0.29, 0.717) is 24.5 Å². The van der Waals surface area contributed by atoms with Gasteiger partial charge < -0.3 is 10.1 Å². The molecule has 1 heterocycles. The van der Waals surface area contributed by atoms with Crippen molar-refractivity contribution in [2.24, 2.45) is 0 Å². The Labute approximate surface area is 183 Å². The summed E-state index contributed by atoms with van der Waals surface area (Å²) in [4.78, 5) is 12.9. The average molecular weight is 451 g/mol. The molecule has 1 saturated heterocycles. The Balaban J connectivity index is 1.79. The second kappa shape index (κ2) is 9.81. The Hall–Kier alpha value is -2.09. The van der Waals surface area contributed by atoms with Crippen LogP contribution in [0.3, 0.4) is 0 Å². The number of anilines is 1. The predicted molar refractivity (Wildman–Crippen MR) is 119 cm³/mol. The third kappa shape index (κ3) is 5.53. The minimum atomic E-state index is -3.67. The summed E-state index contributed by atoms with van der Waals surface area (Å²) in [6.07, 6.45) is 3.80. The van der Waals surface area contributed by atoms with Gasteiger partial charge in [-0.25, -0.2) is 8.42 Å². The molecule has 1 aliphatic rings. The van der Waals surface area contributed by atoms with Crippen LogP contribution in [-0.2, 0) is 10.0 Å². The Morgan fingerprint density at radius 2 is 1.67 bits per heavy atom. The highest BCUT2D eigenvalue weighted by Gasteiger charge is 2.26. The van der Waals surface area contributed by atoms with Crippen LogP contribution in [0.5, 0.6) is 5.75 Å². The summed E-state index contributed by atoms with van der Waals surface area (Å²) in [5, 5.41) is 2.96. The van der Waals surface area contributed by atoms with Crippen molar-refractivity contribution in [1.82, 2.24) is 4.31 Å². The molecule has 1 N–H and O–H groups in total. The Morgan fingerprint density at radius 3 is 2.27 bits per heavy atom. The molecule has 0 unspecified atom stereocenters. The molecule has 3 rings (SSSR count). The lowest BCUT2D eigenvalue weighted by molar-refractivity contribution is 0.102. The first-order valence-corrected chi connectivity index (χ1v) is 12.0. The first-order chi connectivity index (χ1) is 14.3. The van der Waals surface area contributed by atoms with E-state index in [0.717, 1.165) is 25.7 Å². The van der Waals surface area contributed by atoms with Crippen LogP contribution < -0.4 is 10.1 Å². The highest BCUT2D eigenvalue weighted by atomic mass is 35.5. The van der Waals surface area contributed by atoms with E-state index >= 15 is 0 Å². The van der Waals surface area contributed by atoms with E-state index < -0.39 is 15.9 Å². The van der Waals surface area contributed by atoms with Crippen molar-refractivity contribution in [1.29, 1.82) is 0 Å². The number of hydrogen-bond donors (Lipinski definition) is 1. The number of carbonyl (C=O) groups excluding carboxylic acids is 1. The third-order valence-corrected chi connectivity index (χ3v) is 7.09. The number of halogens is 1. The zero-order valence-corrected chi connectivity index (χ0v) is 18.8. The van der Waals surface area contributed by atoms with Gasteiger partial charge >= 0.3 is 0 Å². The first kappa shape index (κ1) is 22.6. The fourth-order valence-corrected chi connectivity index (χ4v) is 5.10. The van der Waals surface area contributed by atoms with Crippen molar-refractivity contribution in [2.75, 3.05) is 18.4 Å². The lowest BCUT2D eigenvalue weighted by Crippen LogP contribution is -2.32. The van der Waals surface area contributed by atoms with Crippen LogP contribution in [0.15, 0.2) is 47.4 Å². The second-order valence-corrected chi connectivity index (χ2v) is 9.95. The summed E-state index contributed by atoms with van der Waals surface area (Å²) in [5.41, 5.74) is 0.683. The second-order valence-electron chi connectivity index (χ2n) is 7.61. The minimum absolute atomic E-state index is 0.0538. The third-order valence-electron chi connectivity index (χ3n) is 4.87. The molecule has 162 valence electrons. The molecule has 2 aromatic rings. The molecule has 1 fully saturated rings. The number of ether oxygens (including phenoxy) is 1. The number of rotatable bonds is 6. The van der Waals surface area contributed by atoms with Crippen LogP contribution in [-0.4, -0.2) is 37.8 Å². The minimum Gasteiger partial charge on any atom is -0.491 e. The molecule has 0 atom stereocenters. The van der Waals surface area contributed by atoms with Crippen LogP contribution in [0.1, 0.15) is 49.9 Å². The summed E-state index contributed by atoms with van der Waals surface area (Å²) in [6, 6.07) is 11.2. The smallest absolute Gasteiger partial charge is 0.257 e. The highest BCUT2D eigenvalue weighted by molar-refractivity contribution is 7.89. The standard InChI is InChI=1S/C22H27ClN2O4S/c1-16(2)29-18-9-7-17(8-10-18)24-22(26)20-15-19(11-12-21(20)23)30(27,28)25-13-5-3-4-6-14-25/h7-12,15-16H,3-6,13-14H2,1-2H3,(H,24,26). The number of hydrogen-bond acceptors (Lipinski definition) is 4. The maximum Gasteiger partial charge on any atom is 0.257 e. The SMILES string of the molecule is CC(C)Oc1ccc(NC(=O)c2cc(S(=O)(=O)N3CCCCCC3)ccc2Cl)cc1. The van der Waals surface area contributed by atoms with E-state index in [-0.39, 0.29) is 21.6 Å². The summed E-state index contributed by atoms with van der Waals surface area (Å²) in [6.45, 7) is 4.86. The molecular weight excluding hydrogens is 424 g/mol. The van der Waals surface area contributed by atoms with Crippen LogP contribution >= 0.6 is 11.6 Å². The zero-order chi connectivity index (χ0) is 21.7. The topological polar surface area (TPSA) is 75.7 Å². The molecule has 1 aliphatic heterocycles. The molecule has 0 aliphatic carbocycles. The van der Waals surface area contributed by atoms with E-state index in [2.05, 4.69) is 5.32 Å². The van der Waals surface area contributed by atoms with Crippen molar-refractivity contribution in [2.45, 2.75) is 50.5 Å². The number of sulfonamides is 1. The monoisotopic (exact) mass is 450 g/mol. The molecule has 0 spiro atoms. The lowest BCUT2D eigenvalue weighted by Gasteiger charge is -2.20. The molecule has 8 heteroatoms. The number of amides is 1. The number of nitrogens with zero attached hydrogens (tertiary/aromatic N) is 1. The molecule has 6 nitrogen and oxygen atoms in total. The number of nitrogens with one attached hydrogen (secondary N) is 1. The van der Waals surface area contributed by atoms with Gasteiger partial charge in [0.15, 0.2) is 0 Å². The van der Waals surface area contributed by atoms with Gasteiger partial charge in [0.25, 0.3) is 5.91 Å².